The van der Waals surface area contributed by atoms with E-state index >= 15 is 0 Å². The van der Waals surface area contributed by atoms with Gasteiger partial charge in [0.25, 0.3) is 0 Å². The van der Waals surface area contributed by atoms with Crippen molar-refractivity contribution in [3.05, 3.63) is 17.5 Å². The Labute approximate surface area is 64.0 Å². The van der Waals surface area contributed by atoms with Crippen LogP contribution in [-0.4, -0.2) is 21.3 Å². The molecule has 0 fully saturated rings. The maximum absolute atomic E-state index is 11.9. The summed E-state index contributed by atoms with van der Waals surface area (Å²) in [5.74, 6) is -1.71. The summed E-state index contributed by atoms with van der Waals surface area (Å²) in [6, 6.07) is 0. The molecule has 0 aliphatic heterocycles. The van der Waals surface area contributed by atoms with Crippen molar-refractivity contribution < 1.29 is 23.1 Å². The molecule has 0 spiro atoms. The van der Waals surface area contributed by atoms with E-state index in [0.29, 0.717) is 6.20 Å². The monoisotopic (exact) mass is 180 g/mol. The lowest BCUT2D eigenvalue weighted by Crippen LogP contribution is -2.10. The molecular weight excluding hydrogens is 177 g/mol. The first-order chi connectivity index (χ1) is 5.43. The first-order valence-electron chi connectivity index (χ1n) is 2.77. The van der Waals surface area contributed by atoms with Crippen molar-refractivity contribution in [3.8, 4) is 0 Å². The van der Waals surface area contributed by atoms with Gasteiger partial charge in [-0.2, -0.15) is 18.3 Å². The number of rotatable bonds is 1. The fraction of sp³-hybridized carbons (Fsp3) is 0.200. The molecule has 1 aromatic heterocycles. The zero-order chi connectivity index (χ0) is 9.35. The molecule has 0 bridgehead atoms. The Bertz CT molecular complexity index is 304. The van der Waals surface area contributed by atoms with Gasteiger partial charge < -0.3 is 5.11 Å². The minimum absolute atomic E-state index is 0.503. The summed E-state index contributed by atoms with van der Waals surface area (Å²) >= 11 is 0. The van der Waals surface area contributed by atoms with Crippen LogP contribution in [0.4, 0.5) is 13.2 Å². The third-order valence-electron chi connectivity index (χ3n) is 1.15. The molecule has 1 aromatic rings. The van der Waals surface area contributed by atoms with E-state index < -0.39 is 23.4 Å². The molecule has 0 saturated heterocycles. The summed E-state index contributed by atoms with van der Waals surface area (Å²) in [5.41, 5.74) is -2.28. The largest absolute Gasteiger partial charge is 0.476 e. The average molecular weight is 180 g/mol. The second-order valence-corrected chi connectivity index (χ2v) is 1.95. The third-order valence-corrected chi connectivity index (χ3v) is 1.15. The number of aromatic carboxylic acids is 1. The highest BCUT2D eigenvalue weighted by molar-refractivity contribution is 5.87. The summed E-state index contributed by atoms with van der Waals surface area (Å²) in [4.78, 5) is 10.1. The highest BCUT2D eigenvalue weighted by atomic mass is 19.4. The molecule has 0 amide bonds. The number of nitrogens with zero attached hydrogens (tertiary/aromatic N) is 1. The Morgan fingerprint density at radius 1 is 1.58 bits per heavy atom. The zero-order valence-corrected chi connectivity index (χ0v) is 5.51. The highest BCUT2D eigenvalue weighted by Gasteiger charge is 2.37. The number of carbonyl (C=O) groups is 1. The number of nitrogens with one attached hydrogen (secondary N) is 1. The summed E-state index contributed by atoms with van der Waals surface area (Å²) < 4.78 is 35.8. The van der Waals surface area contributed by atoms with Gasteiger partial charge in [0, 0.05) is 6.20 Å². The predicted molar refractivity (Wildman–Crippen MR) is 30.5 cm³/mol. The minimum Gasteiger partial charge on any atom is -0.476 e. The van der Waals surface area contributed by atoms with Gasteiger partial charge in [0.15, 0.2) is 5.69 Å². The number of aromatic nitrogens is 2. The number of H-pyrrole nitrogens is 1. The summed E-state index contributed by atoms with van der Waals surface area (Å²) in [6.07, 6.45) is -4.18. The van der Waals surface area contributed by atoms with E-state index in [9.17, 15) is 18.0 Å². The van der Waals surface area contributed by atoms with E-state index in [4.69, 9.17) is 5.11 Å². The lowest BCUT2D eigenvalue weighted by atomic mass is 10.2. The van der Waals surface area contributed by atoms with Gasteiger partial charge in [-0.3, -0.25) is 5.10 Å². The third kappa shape index (κ3) is 1.39. The molecule has 4 nitrogen and oxygen atoms in total. The van der Waals surface area contributed by atoms with Crippen LogP contribution in [-0.2, 0) is 6.18 Å². The van der Waals surface area contributed by atoms with Crippen molar-refractivity contribution >= 4 is 5.97 Å². The molecule has 2 N–H and O–H groups in total. The smallest absolute Gasteiger partial charge is 0.420 e. The van der Waals surface area contributed by atoms with Crippen molar-refractivity contribution in [1.29, 1.82) is 0 Å². The number of halogens is 3. The number of aromatic amines is 1. The molecule has 0 unspecified atom stereocenters. The molecular formula is C5H3F3N2O2. The maximum atomic E-state index is 11.9. The molecule has 0 saturated carbocycles. The molecule has 0 aromatic carbocycles. The number of alkyl halides is 3. The Morgan fingerprint density at radius 2 is 2.17 bits per heavy atom. The number of carboxylic acids is 1. The van der Waals surface area contributed by atoms with Gasteiger partial charge in [-0.15, -0.1) is 0 Å². The topological polar surface area (TPSA) is 66.0 Å². The normalized spacial score (nSPS) is 11.6. The molecule has 0 radical (unpaired) electrons. The van der Waals surface area contributed by atoms with Crippen molar-refractivity contribution in [2.75, 3.05) is 0 Å². The van der Waals surface area contributed by atoms with E-state index in [1.54, 1.807) is 0 Å². The van der Waals surface area contributed by atoms with E-state index in [0.717, 1.165) is 0 Å². The van der Waals surface area contributed by atoms with Gasteiger partial charge in [0.2, 0.25) is 0 Å². The van der Waals surface area contributed by atoms with Crippen LogP contribution in [0.3, 0.4) is 0 Å². The van der Waals surface area contributed by atoms with E-state index in [1.165, 1.54) is 0 Å². The fourth-order valence-electron chi connectivity index (χ4n) is 0.669. The number of carboxylic acid groups (broad SMARTS) is 1. The van der Waals surface area contributed by atoms with Crippen molar-refractivity contribution in [2.45, 2.75) is 6.18 Å². The fourth-order valence-corrected chi connectivity index (χ4v) is 0.669. The van der Waals surface area contributed by atoms with Gasteiger partial charge >= 0.3 is 12.1 Å². The summed E-state index contributed by atoms with van der Waals surface area (Å²) in [6.45, 7) is 0. The average Bonchev–Trinajstić information content (AvgIpc) is 2.30. The Morgan fingerprint density at radius 3 is 2.50 bits per heavy atom. The van der Waals surface area contributed by atoms with Crippen LogP contribution in [0.1, 0.15) is 16.1 Å². The number of hydrogen-bond acceptors (Lipinski definition) is 2. The lowest BCUT2D eigenvalue weighted by molar-refractivity contribution is -0.138. The van der Waals surface area contributed by atoms with Crippen LogP contribution in [0, 0.1) is 0 Å². The first-order valence-corrected chi connectivity index (χ1v) is 2.77. The molecule has 1 heterocycles. The molecule has 1 rings (SSSR count). The van der Waals surface area contributed by atoms with Crippen molar-refractivity contribution in [2.24, 2.45) is 0 Å². The second-order valence-electron chi connectivity index (χ2n) is 1.95. The Hall–Kier alpha value is -1.53. The van der Waals surface area contributed by atoms with Gasteiger partial charge in [0.1, 0.15) is 5.56 Å². The van der Waals surface area contributed by atoms with Crippen molar-refractivity contribution in [3.63, 3.8) is 0 Å². The SMILES string of the molecule is O=C(O)c1n[nH]cc1C(F)(F)F. The molecule has 66 valence electrons. The molecule has 7 heteroatoms. The standard InChI is InChI=1S/C5H3F3N2O2/c6-5(7,8)2-1-9-10-3(2)4(11)12/h1H,(H,9,10)(H,11,12). The van der Waals surface area contributed by atoms with Crippen LogP contribution in [0.25, 0.3) is 0 Å². The van der Waals surface area contributed by atoms with Crippen LogP contribution < -0.4 is 0 Å². The Kier molecular flexibility index (Phi) is 1.79. The van der Waals surface area contributed by atoms with Gasteiger partial charge in [-0.1, -0.05) is 0 Å². The molecule has 12 heavy (non-hydrogen) atoms. The van der Waals surface area contributed by atoms with Gasteiger partial charge in [0.05, 0.1) is 0 Å². The van der Waals surface area contributed by atoms with Crippen LogP contribution in [0.2, 0.25) is 0 Å². The number of hydrogen-bond donors (Lipinski definition) is 2. The molecule has 0 aliphatic carbocycles. The van der Waals surface area contributed by atoms with E-state index in [2.05, 4.69) is 5.10 Å². The van der Waals surface area contributed by atoms with Crippen LogP contribution in [0.15, 0.2) is 6.20 Å². The quantitative estimate of drug-likeness (QED) is 0.680. The van der Waals surface area contributed by atoms with E-state index in [-0.39, 0.29) is 0 Å². The van der Waals surface area contributed by atoms with E-state index in [1.807, 2.05) is 5.10 Å². The second kappa shape index (κ2) is 2.50. The first kappa shape index (κ1) is 8.57. The maximum Gasteiger partial charge on any atom is 0.420 e. The van der Waals surface area contributed by atoms with Gasteiger partial charge in [-0.25, -0.2) is 4.79 Å². The van der Waals surface area contributed by atoms with Crippen LogP contribution in [0.5, 0.6) is 0 Å². The molecule has 0 aliphatic rings. The van der Waals surface area contributed by atoms with Crippen LogP contribution >= 0.6 is 0 Å². The zero-order valence-electron chi connectivity index (χ0n) is 5.51. The van der Waals surface area contributed by atoms with Gasteiger partial charge in [-0.05, 0) is 0 Å². The molecule has 0 atom stereocenters. The lowest BCUT2D eigenvalue weighted by Gasteiger charge is -2.02. The summed E-state index contributed by atoms with van der Waals surface area (Å²) in [7, 11) is 0. The highest BCUT2D eigenvalue weighted by Crippen LogP contribution is 2.30. The Balaban J connectivity index is 3.17. The van der Waals surface area contributed by atoms with Crippen molar-refractivity contribution in [1.82, 2.24) is 10.2 Å². The minimum atomic E-state index is -4.68. The summed E-state index contributed by atoms with van der Waals surface area (Å²) in [5, 5.41) is 13.0. The predicted octanol–water partition coefficient (Wildman–Crippen LogP) is 1.13.